The van der Waals surface area contributed by atoms with E-state index in [2.05, 4.69) is 37.4 Å². The summed E-state index contributed by atoms with van der Waals surface area (Å²) >= 11 is 0. The number of nitrogens with two attached hydrogens (primary N) is 1. The summed E-state index contributed by atoms with van der Waals surface area (Å²) in [4.78, 5) is 12.1. The predicted molar refractivity (Wildman–Crippen MR) is 84.8 cm³/mol. The molecule has 3 nitrogen and oxygen atoms in total. The standard InChI is InChI=1S/C18H26N2O/c1-11(2)17(19)14-9-6-12-4-3-5-16(15(12)10-14)20-18(21)13-7-8-13/h6,9-11,13,16-17H,3-5,7-8,19H2,1-2H3,(H,20,21). The van der Waals surface area contributed by atoms with E-state index in [9.17, 15) is 4.79 Å². The van der Waals surface area contributed by atoms with E-state index in [1.807, 2.05) is 0 Å². The van der Waals surface area contributed by atoms with Crippen molar-refractivity contribution in [1.82, 2.24) is 5.32 Å². The molecular formula is C18H26N2O. The van der Waals surface area contributed by atoms with E-state index in [1.54, 1.807) is 0 Å². The van der Waals surface area contributed by atoms with E-state index in [4.69, 9.17) is 5.73 Å². The molecule has 3 N–H and O–H groups in total. The number of nitrogens with one attached hydrogen (secondary N) is 1. The molecule has 1 amide bonds. The van der Waals surface area contributed by atoms with Gasteiger partial charge in [-0.1, -0.05) is 32.0 Å². The minimum atomic E-state index is 0.0667. The molecule has 3 rings (SSSR count). The summed E-state index contributed by atoms with van der Waals surface area (Å²) in [6, 6.07) is 6.85. The maximum absolute atomic E-state index is 12.1. The quantitative estimate of drug-likeness (QED) is 0.892. The van der Waals surface area contributed by atoms with Gasteiger partial charge in [-0.25, -0.2) is 0 Å². The first-order chi connectivity index (χ1) is 10.1. The molecule has 0 saturated heterocycles. The van der Waals surface area contributed by atoms with E-state index in [1.165, 1.54) is 16.7 Å². The van der Waals surface area contributed by atoms with Crippen molar-refractivity contribution in [2.45, 2.75) is 58.0 Å². The van der Waals surface area contributed by atoms with Crippen molar-refractivity contribution in [1.29, 1.82) is 0 Å². The largest absolute Gasteiger partial charge is 0.349 e. The smallest absolute Gasteiger partial charge is 0.223 e. The van der Waals surface area contributed by atoms with Crippen LogP contribution in [0, 0.1) is 11.8 Å². The maximum Gasteiger partial charge on any atom is 0.223 e. The summed E-state index contributed by atoms with van der Waals surface area (Å²) in [6.07, 6.45) is 5.43. The molecule has 0 bridgehead atoms. The molecule has 114 valence electrons. The third-order valence-corrected chi connectivity index (χ3v) is 4.85. The van der Waals surface area contributed by atoms with Gasteiger partial charge in [0.1, 0.15) is 0 Å². The summed E-state index contributed by atoms with van der Waals surface area (Å²) in [7, 11) is 0. The Labute approximate surface area is 127 Å². The Hall–Kier alpha value is -1.35. The Morgan fingerprint density at radius 1 is 1.29 bits per heavy atom. The molecule has 21 heavy (non-hydrogen) atoms. The number of aryl methyl sites for hydroxylation is 1. The number of amides is 1. The summed E-state index contributed by atoms with van der Waals surface area (Å²) < 4.78 is 0. The van der Waals surface area contributed by atoms with Gasteiger partial charge in [0, 0.05) is 12.0 Å². The van der Waals surface area contributed by atoms with Gasteiger partial charge in [-0.3, -0.25) is 4.79 Å². The molecule has 1 aromatic carbocycles. The lowest BCUT2D eigenvalue weighted by Crippen LogP contribution is -2.32. The molecule has 0 spiro atoms. The van der Waals surface area contributed by atoms with Gasteiger partial charge in [0.05, 0.1) is 6.04 Å². The molecule has 2 aliphatic carbocycles. The highest BCUT2D eigenvalue weighted by molar-refractivity contribution is 5.81. The second-order valence-electron chi connectivity index (χ2n) is 6.96. The molecule has 0 heterocycles. The third-order valence-electron chi connectivity index (χ3n) is 4.85. The maximum atomic E-state index is 12.1. The molecule has 0 radical (unpaired) electrons. The van der Waals surface area contributed by atoms with E-state index < -0.39 is 0 Å². The second kappa shape index (κ2) is 5.80. The van der Waals surface area contributed by atoms with Crippen molar-refractivity contribution in [2.75, 3.05) is 0 Å². The van der Waals surface area contributed by atoms with Gasteiger partial charge < -0.3 is 11.1 Å². The van der Waals surface area contributed by atoms with Crippen molar-refractivity contribution in [3.63, 3.8) is 0 Å². The van der Waals surface area contributed by atoms with Crippen molar-refractivity contribution >= 4 is 5.91 Å². The lowest BCUT2D eigenvalue weighted by Gasteiger charge is -2.28. The number of rotatable bonds is 4. The van der Waals surface area contributed by atoms with Crippen molar-refractivity contribution in [3.8, 4) is 0 Å². The van der Waals surface area contributed by atoms with E-state index in [-0.39, 0.29) is 23.9 Å². The summed E-state index contributed by atoms with van der Waals surface area (Å²) in [5.74, 6) is 0.939. The number of carbonyl (C=O) groups is 1. The van der Waals surface area contributed by atoms with Crippen LogP contribution < -0.4 is 11.1 Å². The topological polar surface area (TPSA) is 55.1 Å². The van der Waals surface area contributed by atoms with Crippen LogP contribution in [0.1, 0.15) is 68.3 Å². The highest BCUT2D eigenvalue weighted by Crippen LogP contribution is 2.35. The average Bonchev–Trinajstić information content (AvgIpc) is 3.31. The zero-order valence-corrected chi connectivity index (χ0v) is 13.1. The first-order valence-corrected chi connectivity index (χ1v) is 8.25. The molecular weight excluding hydrogens is 260 g/mol. The normalized spacial score (nSPS) is 22.8. The zero-order valence-electron chi connectivity index (χ0n) is 13.1. The number of carbonyl (C=O) groups excluding carboxylic acids is 1. The van der Waals surface area contributed by atoms with Crippen LogP contribution in [0.15, 0.2) is 18.2 Å². The van der Waals surface area contributed by atoms with Gasteiger partial charge in [-0.15, -0.1) is 0 Å². The molecule has 2 atom stereocenters. The average molecular weight is 286 g/mol. The van der Waals surface area contributed by atoms with Gasteiger partial charge in [0.25, 0.3) is 0 Å². The lowest BCUT2D eigenvalue weighted by atomic mass is 9.84. The summed E-state index contributed by atoms with van der Waals surface area (Å²) in [6.45, 7) is 4.30. The van der Waals surface area contributed by atoms with Gasteiger partial charge in [0.2, 0.25) is 5.91 Å². The first kappa shape index (κ1) is 14.6. The minimum Gasteiger partial charge on any atom is -0.349 e. The monoisotopic (exact) mass is 286 g/mol. The fourth-order valence-electron chi connectivity index (χ4n) is 3.19. The van der Waals surface area contributed by atoms with Crippen LogP contribution in [0.4, 0.5) is 0 Å². The molecule has 3 heteroatoms. The Bertz CT molecular complexity index is 534. The van der Waals surface area contributed by atoms with E-state index in [0.717, 1.165) is 32.1 Å². The SMILES string of the molecule is CC(C)C(N)c1ccc2c(c1)C(NC(=O)C1CC1)CCC2. The van der Waals surface area contributed by atoms with Crippen molar-refractivity contribution in [2.24, 2.45) is 17.6 Å². The van der Waals surface area contributed by atoms with Crippen LogP contribution in [0.5, 0.6) is 0 Å². The Balaban J connectivity index is 1.83. The molecule has 2 unspecified atom stereocenters. The number of hydrogen-bond acceptors (Lipinski definition) is 2. The molecule has 1 saturated carbocycles. The van der Waals surface area contributed by atoms with Crippen molar-refractivity contribution in [3.05, 3.63) is 34.9 Å². The van der Waals surface area contributed by atoms with E-state index in [0.29, 0.717) is 5.92 Å². The van der Waals surface area contributed by atoms with Gasteiger partial charge in [-0.05, 0) is 54.7 Å². The molecule has 1 aromatic rings. The van der Waals surface area contributed by atoms with Crippen LogP contribution in [0.25, 0.3) is 0 Å². The number of fused-ring (bicyclic) bond motifs is 1. The number of benzene rings is 1. The lowest BCUT2D eigenvalue weighted by molar-refractivity contribution is -0.123. The minimum absolute atomic E-state index is 0.0667. The Kier molecular flexibility index (Phi) is 4.03. The highest BCUT2D eigenvalue weighted by atomic mass is 16.2. The predicted octanol–water partition coefficient (Wildman–Crippen LogP) is 3.25. The molecule has 2 aliphatic rings. The van der Waals surface area contributed by atoms with Crippen LogP contribution in [-0.2, 0) is 11.2 Å². The third kappa shape index (κ3) is 3.13. The zero-order chi connectivity index (χ0) is 15.0. The summed E-state index contributed by atoms with van der Waals surface area (Å²) in [5, 5.41) is 3.25. The second-order valence-corrected chi connectivity index (χ2v) is 6.96. The molecule has 0 aliphatic heterocycles. The molecule has 0 aromatic heterocycles. The molecule has 1 fully saturated rings. The Morgan fingerprint density at radius 2 is 2.05 bits per heavy atom. The van der Waals surface area contributed by atoms with Gasteiger partial charge >= 0.3 is 0 Å². The van der Waals surface area contributed by atoms with Gasteiger partial charge in [-0.2, -0.15) is 0 Å². The fourth-order valence-corrected chi connectivity index (χ4v) is 3.19. The fraction of sp³-hybridized carbons (Fsp3) is 0.611. The van der Waals surface area contributed by atoms with Gasteiger partial charge in [0.15, 0.2) is 0 Å². The van der Waals surface area contributed by atoms with Crippen LogP contribution in [0.3, 0.4) is 0 Å². The van der Waals surface area contributed by atoms with Crippen molar-refractivity contribution < 1.29 is 4.79 Å². The Morgan fingerprint density at radius 3 is 2.71 bits per heavy atom. The number of hydrogen-bond donors (Lipinski definition) is 2. The van der Waals surface area contributed by atoms with Crippen LogP contribution >= 0.6 is 0 Å². The van der Waals surface area contributed by atoms with Crippen LogP contribution in [-0.4, -0.2) is 5.91 Å². The van der Waals surface area contributed by atoms with E-state index >= 15 is 0 Å². The van der Waals surface area contributed by atoms with Crippen LogP contribution in [0.2, 0.25) is 0 Å². The summed E-state index contributed by atoms with van der Waals surface area (Å²) in [5.41, 5.74) is 10.2. The first-order valence-electron chi connectivity index (χ1n) is 8.25. The highest BCUT2D eigenvalue weighted by Gasteiger charge is 2.32.